The predicted octanol–water partition coefficient (Wildman–Crippen LogP) is 2.96. The fourth-order valence-corrected chi connectivity index (χ4v) is 3.52. The van der Waals surface area contributed by atoms with Crippen LogP contribution < -0.4 is 10.6 Å². The molecule has 2 aliphatic rings. The van der Waals surface area contributed by atoms with Gasteiger partial charge in [-0.05, 0) is 59.8 Å². The first kappa shape index (κ1) is 15.2. The van der Waals surface area contributed by atoms with E-state index in [2.05, 4.69) is 10.6 Å². The van der Waals surface area contributed by atoms with E-state index in [1.807, 2.05) is 10.0 Å². The van der Waals surface area contributed by atoms with E-state index in [-0.39, 0.29) is 24.0 Å². The molecule has 0 aliphatic carbocycles. The molecule has 2 fully saturated rings. The second kappa shape index (κ2) is 5.64. The standard InChI is InChI=1S/C16H12F2N4S2/c17-11-5-1-9(2-6-11)13-19-15(23)22-14(20-16(24)21(13)22)10-3-7-12(18)8-4-10/h1-8,13-14H,(H,19,23)(H,20,24)/t13-,14-/m0/s1. The van der Waals surface area contributed by atoms with E-state index in [0.717, 1.165) is 11.1 Å². The highest BCUT2D eigenvalue weighted by Crippen LogP contribution is 2.36. The number of hydrogen-bond acceptors (Lipinski definition) is 2. The van der Waals surface area contributed by atoms with Crippen LogP contribution in [0.25, 0.3) is 0 Å². The Labute approximate surface area is 148 Å². The van der Waals surface area contributed by atoms with E-state index in [0.29, 0.717) is 10.2 Å². The molecule has 0 unspecified atom stereocenters. The van der Waals surface area contributed by atoms with E-state index in [1.165, 1.54) is 24.3 Å². The normalized spacial score (nSPS) is 22.4. The maximum absolute atomic E-state index is 13.2. The van der Waals surface area contributed by atoms with Gasteiger partial charge in [0.1, 0.15) is 24.0 Å². The summed E-state index contributed by atoms with van der Waals surface area (Å²) >= 11 is 10.9. The van der Waals surface area contributed by atoms with Gasteiger partial charge in [-0.3, -0.25) is 0 Å². The number of rotatable bonds is 2. The smallest absolute Gasteiger partial charge is 0.192 e. The van der Waals surface area contributed by atoms with Crippen molar-refractivity contribution in [1.29, 1.82) is 0 Å². The van der Waals surface area contributed by atoms with Crippen molar-refractivity contribution in [2.75, 3.05) is 0 Å². The van der Waals surface area contributed by atoms with Crippen molar-refractivity contribution in [2.24, 2.45) is 0 Å². The fraction of sp³-hybridized carbons (Fsp3) is 0.125. The molecule has 4 nitrogen and oxygen atoms in total. The molecular formula is C16H12F2N4S2. The van der Waals surface area contributed by atoms with Gasteiger partial charge in [0.15, 0.2) is 10.2 Å². The first-order valence-corrected chi connectivity index (χ1v) is 8.06. The highest BCUT2D eigenvalue weighted by molar-refractivity contribution is 7.80. The lowest BCUT2D eigenvalue weighted by atomic mass is 10.1. The molecule has 2 aliphatic heterocycles. The van der Waals surface area contributed by atoms with Crippen molar-refractivity contribution >= 4 is 34.7 Å². The van der Waals surface area contributed by atoms with Gasteiger partial charge in [0, 0.05) is 0 Å². The van der Waals surface area contributed by atoms with Crippen molar-refractivity contribution in [2.45, 2.75) is 12.3 Å². The molecule has 2 N–H and O–H groups in total. The Hall–Kier alpha value is -2.32. The van der Waals surface area contributed by atoms with Crippen LogP contribution in [0.2, 0.25) is 0 Å². The van der Waals surface area contributed by atoms with Crippen LogP contribution in [0, 0.1) is 11.6 Å². The van der Waals surface area contributed by atoms with Gasteiger partial charge in [0.05, 0.1) is 0 Å². The average molecular weight is 362 g/mol. The Kier molecular flexibility index (Phi) is 3.58. The summed E-state index contributed by atoms with van der Waals surface area (Å²) in [5.74, 6) is -0.606. The molecule has 0 spiro atoms. The number of nitrogens with one attached hydrogen (secondary N) is 2. The van der Waals surface area contributed by atoms with Gasteiger partial charge in [-0.25, -0.2) is 18.8 Å². The number of nitrogens with zero attached hydrogens (tertiary/aromatic N) is 2. The number of hydrazine groups is 1. The zero-order valence-electron chi connectivity index (χ0n) is 12.2. The molecule has 122 valence electrons. The van der Waals surface area contributed by atoms with Crippen molar-refractivity contribution in [1.82, 2.24) is 20.7 Å². The van der Waals surface area contributed by atoms with Crippen molar-refractivity contribution in [3.8, 4) is 0 Å². The lowest BCUT2D eigenvalue weighted by Gasteiger charge is -2.26. The number of hydrogen-bond donors (Lipinski definition) is 2. The molecule has 0 aromatic heterocycles. The second-order valence-electron chi connectivity index (χ2n) is 5.50. The molecule has 2 aromatic rings. The molecule has 8 heteroatoms. The number of benzene rings is 2. The Morgan fingerprint density at radius 1 is 0.667 bits per heavy atom. The van der Waals surface area contributed by atoms with Gasteiger partial charge in [-0.2, -0.15) is 0 Å². The molecule has 2 atom stereocenters. The van der Waals surface area contributed by atoms with Crippen molar-refractivity contribution in [3.63, 3.8) is 0 Å². The number of thiocarbonyl (C=S) groups is 2. The highest BCUT2D eigenvalue weighted by atomic mass is 32.1. The number of fused-ring (bicyclic) bond motifs is 1. The van der Waals surface area contributed by atoms with Gasteiger partial charge in [0.25, 0.3) is 0 Å². The summed E-state index contributed by atoms with van der Waals surface area (Å²) in [6, 6.07) is 12.3. The molecular weight excluding hydrogens is 350 g/mol. The third-order valence-electron chi connectivity index (χ3n) is 4.03. The third-order valence-corrected chi connectivity index (χ3v) is 4.64. The Bertz CT molecular complexity index is 740. The van der Waals surface area contributed by atoms with E-state index in [1.54, 1.807) is 24.3 Å². The van der Waals surface area contributed by atoms with Crippen LogP contribution >= 0.6 is 24.4 Å². The van der Waals surface area contributed by atoms with Crippen molar-refractivity contribution in [3.05, 3.63) is 71.3 Å². The van der Waals surface area contributed by atoms with Crippen LogP contribution in [-0.2, 0) is 0 Å². The predicted molar refractivity (Wildman–Crippen MR) is 93.4 cm³/mol. The van der Waals surface area contributed by atoms with Crippen LogP contribution in [0.15, 0.2) is 48.5 Å². The summed E-state index contributed by atoms with van der Waals surface area (Å²) < 4.78 is 26.3. The van der Waals surface area contributed by atoms with E-state index in [9.17, 15) is 8.78 Å². The third kappa shape index (κ3) is 2.38. The lowest BCUT2D eigenvalue weighted by Crippen LogP contribution is -2.36. The molecule has 0 radical (unpaired) electrons. The van der Waals surface area contributed by atoms with Crippen LogP contribution in [0.5, 0.6) is 0 Å². The molecule has 2 aromatic carbocycles. The van der Waals surface area contributed by atoms with Crippen LogP contribution in [0.1, 0.15) is 23.5 Å². The van der Waals surface area contributed by atoms with Crippen molar-refractivity contribution < 1.29 is 8.78 Å². The molecule has 24 heavy (non-hydrogen) atoms. The molecule has 0 bridgehead atoms. The zero-order chi connectivity index (χ0) is 16.8. The summed E-state index contributed by atoms with van der Waals surface area (Å²) in [4.78, 5) is 0. The maximum Gasteiger partial charge on any atom is 0.192 e. The van der Waals surface area contributed by atoms with Gasteiger partial charge in [0.2, 0.25) is 0 Å². The Morgan fingerprint density at radius 2 is 1.00 bits per heavy atom. The summed E-state index contributed by atoms with van der Waals surface area (Å²) in [6.07, 6.45) is -0.632. The highest BCUT2D eigenvalue weighted by Gasteiger charge is 2.47. The zero-order valence-corrected chi connectivity index (χ0v) is 13.9. The summed E-state index contributed by atoms with van der Waals surface area (Å²) in [5.41, 5.74) is 1.68. The van der Waals surface area contributed by atoms with Gasteiger partial charge < -0.3 is 10.6 Å². The van der Waals surface area contributed by atoms with E-state index < -0.39 is 0 Å². The van der Waals surface area contributed by atoms with Crippen LogP contribution in [0.4, 0.5) is 8.78 Å². The SMILES string of the molecule is Fc1ccc([C@H]2NC(=S)N3[C@@H](c4ccc(F)cc4)NC(=S)N23)cc1. The molecule has 0 saturated carbocycles. The second-order valence-corrected chi connectivity index (χ2v) is 6.27. The molecule has 2 saturated heterocycles. The van der Waals surface area contributed by atoms with Gasteiger partial charge >= 0.3 is 0 Å². The first-order chi connectivity index (χ1) is 11.5. The molecule has 4 rings (SSSR count). The minimum atomic E-state index is -0.316. The Balaban J connectivity index is 1.68. The van der Waals surface area contributed by atoms with E-state index >= 15 is 0 Å². The number of halogens is 2. The van der Waals surface area contributed by atoms with Gasteiger partial charge in [-0.15, -0.1) is 0 Å². The topological polar surface area (TPSA) is 30.5 Å². The minimum absolute atomic E-state index is 0.303. The van der Waals surface area contributed by atoms with E-state index in [4.69, 9.17) is 24.4 Å². The molecule has 0 amide bonds. The monoisotopic (exact) mass is 362 g/mol. The summed E-state index contributed by atoms with van der Waals surface area (Å²) in [5, 5.41) is 11.0. The fourth-order valence-electron chi connectivity index (χ4n) is 2.91. The van der Waals surface area contributed by atoms with Crippen LogP contribution in [-0.4, -0.2) is 20.2 Å². The summed E-state index contributed by atoms with van der Waals surface area (Å²) in [7, 11) is 0. The molecule has 2 heterocycles. The summed E-state index contributed by atoms with van der Waals surface area (Å²) in [6.45, 7) is 0. The average Bonchev–Trinajstić information content (AvgIpc) is 3.08. The van der Waals surface area contributed by atoms with Crippen LogP contribution in [0.3, 0.4) is 0 Å². The largest absolute Gasteiger partial charge is 0.336 e. The Morgan fingerprint density at radius 3 is 1.33 bits per heavy atom. The maximum atomic E-state index is 13.2. The quantitative estimate of drug-likeness (QED) is 0.799. The first-order valence-electron chi connectivity index (χ1n) is 7.25. The lowest BCUT2D eigenvalue weighted by molar-refractivity contribution is 0.114. The minimum Gasteiger partial charge on any atom is -0.336 e. The van der Waals surface area contributed by atoms with Gasteiger partial charge in [-0.1, -0.05) is 24.3 Å².